The van der Waals surface area contributed by atoms with Gasteiger partial charge in [0.15, 0.2) is 5.82 Å². The molecule has 7 heteroatoms. The highest BCUT2D eigenvalue weighted by Crippen LogP contribution is 2.26. The molecule has 1 aromatic heterocycles. The van der Waals surface area contributed by atoms with E-state index < -0.39 is 0 Å². The molecule has 1 aromatic carbocycles. The fraction of sp³-hybridized carbons (Fsp3) is 0.471. The van der Waals surface area contributed by atoms with Gasteiger partial charge < -0.3 is 4.90 Å². The summed E-state index contributed by atoms with van der Waals surface area (Å²) in [5.74, 6) is 3.30. The summed E-state index contributed by atoms with van der Waals surface area (Å²) in [6.07, 6.45) is 2.03. The Hall–Kier alpha value is -1.53. The van der Waals surface area contributed by atoms with Crippen molar-refractivity contribution in [2.45, 2.75) is 31.4 Å². The number of halogens is 1. The van der Waals surface area contributed by atoms with Gasteiger partial charge in [0.2, 0.25) is 5.91 Å². The minimum Gasteiger partial charge on any atom is -0.341 e. The molecule has 1 N–H and O–H groups in total. The molecule has 0 aliphatic carbocycles. The van der Waals surface area contributed by atoms with E-state index in [2.05, 4.69) is 15.2 Å². The van der Waals surface area contributed by atoms with Gasteiger partial charge in [0.05, 0.1) is 5.75 Å². The average molecular weight is 365 g/mol. The number of aromatic amines is 1. The highest BCUT2D eigenvalue weighted by Gasteiger charge is 2.26. The van der Waals surface area contributed by atoms with Crippen LogP contribution in [0.5, 0.6) is 0 Å². The third-order valence-corrected chi connectivity index (χ3v) is 5.53. The van der Waals surface area contributed by atoms with E-state index in [0.29, 0.717) is 12.3 Å². The summed E-state index contributed by atoms with van der Waals surface area (Å²) < 4.78 is 0. The number of hydrogen-bond donors (Lipinski definition) is 1. The van der Waals surface area contributed by atoms with Crippen LogP contribution in [0, 0.1) is 6.92 Å². The molecule has 0 bridgehead atoms. The van der Waals surface area contributed by atoms with E-state index in [1.165, 1.54) is 0 Å². The number of carbonyl (C=O) groups is 1. The molecule has 0 spiro atoms. The minimum atomic E-state index is 0.184. The number of amides is 1. The van der Waals surface area contributed by atoms with E-state index >= 15 is 0 Å². The first-order valence-electron chi connectivity index (χ1n) is 8.11. The van der Waals surface area contributed by atoms with E-state index in [1.807, 2.05) is 36.1 Å². The van der Waals surface area contributed by atoms with Gasteiger partial charge in [0, 0.05) is 29.8 Å². The smallest absolute Gasteiger partial charge is 0.232 e. The SMILES string of the molecule is Cc1nc([C@H]2CCCN(C(=O)CSCc3ccccc3Cl)C2)n[nH]1. The predicted molar refractivity (Wildman–Crippen MR) is 97.3 cm³/mol. The molecule has 128 valence electrons. The second-order valence-electron chi connectivity index (χ2n) is 6.04. The molecular weight excluding hydrogens is 344 g/mol. The number of benzene rings is 1. The van der Waals surface area contributed by atoms with Gasteiger partial charge in [-0.15, -0.1) is 11.8 Å². The van der Waals surface area contributed by atoms with E-state index in [1.54, 1.807) is 11.8 Å². The summed E-state index contributed by atoms with van der Waals surface area (Å²) in [6, 6.07) is 7.77. The quantitative estimate of drug-likeness (QED) is 0.883. The molecule has 1 atom stereocenters. The van der Waals surface area contributed by atoms with Crippen LogP contribution in [-0.4, -0.2) is 44.8 Å². The van der Waals surface area contributed by atoms with Crippen molar-refractivity contribution in [3.8, 4) is 0 Å². The first kappa shape index (κ1) is 17.3. The van der Waals surface area contributed by atoms with Gasteiger partial charge in [0.1, 0.15) is 5.82 Å². The van der Waals surface area contributed by atoms with Crippen molar-refractivity contribution in [1.29, 1.82) is 0 Å². The zero-order valence-electron chi connectivity index (χ0n) is 13.7. The van der Waals surface area contributed by atoms with Gasteiger partial charge in [-0.05, 0) is 31.4 Å². The monoisotopic (exact) mass is 364 g/mol. The molecular formula is C17H21ClN4OS. The Morgan fingerprint density at radius 1 is 1.46 bits per heavy atom. The molecule has 1 fully saturated rings. The van der Waals surface area contributed by atoms with Crippen molar-refractivity contribution >= 4 is 29.3 Å². The van der Waals surface area contributed by atoms with Crippen molar-refractivity contribution in [1.82, 2.24) is 20.1 Å². The van der Waals surface area contributed by atoms with Crippen LogP contribution in [0.15, 0.2) is 24.3 Å². The Morgan fingerprint density at radius 2 is 2.29 bits per heavy atom. The number of thioether (sulfide) groups is 1. The Bertz CT molecular complexity index is 705. The number of piperidine rings is 1. The van der Waals surface area contributed by atoms with Crippen LogP contribution in [0.1, 0.15) is 36.0 Å². The Labute approximate surface area is 151 Å². The molecule has 3 rings (SSSR count). The molecule has 0 radical (unpaired) electrons. The van der Waals surface area contributed by atoms with Crippen molar-refractivity contribution in [3.63, 3.8) is 0 Å². The lowest BCUT2D eigenvalue weighted by molar-refractivity contribution is -0.129. The third-order valence-electron chi connectivity index (χ3n) is 4.19. The molecule has 24 heavy (non-hydrogen) atoms. The largest absolute Gasteiger partial charge is 0.341 e. The summed E-state index contributed by atoms with van der Waals surface area (Å²) >= 11 is 7.76. The molecule has 1 amide bonds. The normalized spacial score (nSPS) is 17.9. The summed E-state index contributed by atoms with van der Waals surface area (Å²) in [5, 5.41) is 7.90. The van der Waals surface area contributed by atoms with E-state index in [9.17, 15) is 4.79 Å². The van der Waals surface area contributed by atoms with Gasteiger partial charge in [-0.2, -0.15) is 5.10 Å². The number of aromatic nitrogens is 3. The number of carbonyl (C=O) groups excluding carboxylic acids is 1. The first-order chi connectivity index (χ1) is 11.6. The molecule has 5 nitrogen and oxygen atoms in total. The summed E-state index contributed by atoms with van der Waals surface area (Å²) in [6.45, 7) is 3.43. The lowest BCUT2D eigenvalue weighted by atomic mass is 9.97. The topological polar surface area (TPSA) is 61.9 Å². The standard InChI is InChI=1S/C17H21ClN4OS/c1-12-19-17(21-20-12)13-6-4-8-22(9-13)16(23)11-24-10-14-5-2-3-7-15(14)18/h2-3,5,7,13H,4,6,8-11H2,1H3,(H,19,20,21)/t13-/m0/s1. The number of hydrogen-bond acceptors (Lipinski definition) is 4. The highest BCUT2D eigenvalue weighted by molar-refractivity contribution is 7.99. The summed E-state index contributed by atoms with van der Waals surface area (Å²) in [4.78, 5) is 18.8. The zero-order valence-corrected chi connectivity index (χ0v) is 15.2. The Morgan fingerprint density at radius 3 is 3.04 bits per heavy atom. The van der Waals surface area contributed by atoms with Crippen LogP contribution in [0.2, 0.25) is 5.02 Å². The number of likely N-dealkylation sites (tertiary alicyclic amines) is 1. The fourth-order valence-electron chi connectivity index (χ4n) is 2.91. The van der Waals surface area contributed by atoms with Crippen molar-refractivity contribution in [2.75, 3.05) is 18.8 Å². The zero-order chi connectivity index (χ0) is 16.9. The van der Waals surface area contributed by atoms with Crippen molar-refractivity contribution in [3.05, 3.63) is 46.5 Å². The number of H-pyrrole nitrogens is 1. The number of nitrogens with zero attached hydrogens (tertiary/aromatic N) is 3. The van der Waals surface area contributed by atoms with Crippen molar-refractivity contribution in [2.24, 2.45) is 0 Å². The molecule has 1 aliphatic rings. The molecule has 0 saturated carbocycles. The van der Waals surface area contributed by atoms with Crippen LogP contribution >= 0.6 is 23.4 Å². The molecule has 1 saturated heterocycles. The summed E-state index contributed by atoms with van der Waals surface area (Å²) in [7, 11) is 0. The molecule has 2 aromatic rings. The van der Waals surface area contributed by atoms with Crippen LogP contribution in [0.25, 0.3) is 0 Å². The molecule has 1 aliphatic heterocycles. The van der Waals surface area contributed by atoms with E-state index in [-0.39, 0.29) is 11.8 Å². The lowest BCUT2D eigenvalue weighted by Gasteiger charge is -2.31. The minimum absolute atomic E-state index is 0.184. The Kier molecular flexibility index (Phi) is 5.79. The third kappa shape index (κ3) is 4.30. The molecule has 2 heterocycles. The van der Waals surface area contributed by atoms with E-state index in [4.69, 9.17) is 11.6 Å². The second kappa shape index (κ2) is 8.03. The van der Waals surface area contributed by atoms with Gasteiger partial charge in [-0.25, -0.2) is 4.98 Å². The lowest BCUT2D eigenvalue weighted by Crippen LogP contribution is -2.40. The van der Waals surface area contributed by atoms with E-state index in [0.717, 1.165) is 47.4 Å². The highest BCUT2D eigenvalue weighted by atomic mass is 35.5. The maximum absolute atomic E-state index is 12.5. The fourth-order valence-corrected chi connectivity index (χ4v) is 4.12. The second-order valence-corrected chi connectivity index (χ2v) is 7.43. The maximum Gasteiger partial charge on any atom is 0.232 e. The van der Waals surface area contributed by atoms with Gasteiger partial charge in [0.25, 0.3) is 0 Å². The van der Waals surface area contributed by atoms with Crippen LogP contribution in [-0.2, 0) is 10.5 Å². The van der Waals surface area contributed by atoms with Crippen LogP contribution in [0.4, 0.5) is 0 Å². The van der Waals surface area contributed by atoms with Gasteiger partial charge >= 0.3 is 0 Å². The van der Waals surface area contributed by atoms with Gasteiger partial charge in [-0.3, -0.25) is 9.89 Å². The maximum atomic E-state index is 12.5. The number of rotatable bonds is 5. The van der Waals surface area contributed by atoms with Gasteiger partial charge in [-0.1, -0.05) is 29.8 Å². The first-order valence-corrected chi connectivity index (χ1v) is 9.64. The van der Waals surface area contributed by atoms with Crippen molar-refractivity contribution < 1.29 is 4.79 Å². The van der Waals surface area contributed by atoms with Crippen LogP contribution in [0.3, 0.4) is 0 Å². The predicted octanol–water partition coefficient (Wildman–Crippen LogP) is 3.41. The number of aryl methyl sites for hydroxylation is 1. The van der Waals surface area contributed by atoms with Crippen LogP contribution < -0.4 is 0 Å². The molecule has 0 unspecified atom stereocenters. The summed E-state index contributed by atoms with van der Waals surface area (Å²) in [5.41, 5.74) is 1.07. The average Bonchev–Trinajstić information content (AvgIpc) is 3.03. The Balaban J connectivity index is 1.50. The number of nitrogens with one attached hydrogen (secondary N) is 1.